The highest BCUT2D eigenvalue weighted by Gasteiger charge is 2.28. The Bertz CT molecular complexity index is 141. The standard InChI is InChI=1S/C11H22O3/c1-13-8-5-9-14-10-11(12)6-3-2-4-7-11/h12H,2-10H2,1H3. The third-order valence-corrected chi connectivity index (χ3v) is 2.79. The molecule has 3 nitrogen and oxygen atoms in total. The second-order valence-corrected chi connectivity index (χ2v) is 4.18. The number of aliphatic hydroxyl groups is 1. The summed E-state index contributed by atoms with van der Waals surface area (Å²) in [5, 5.41) is 10.1. The molecule has 84 valence electrons. The van der Waals surface area contributed by atoms with Crippen molar-refractivity contribution in [2.24, 2.45) is 0 Å². The van der Waals surface area contributed by atoms with Crippen LogP contribution < -0.4 is 0 Å². The van der Waals surface area contributed by atoms with E-state index < -0.39 is 5.60 Å². The second-order valence-electron chi connectivity index (χ2n) is 4.18. The molecule has 1 N–H and O–H groups in total. The van der Waals surface area contributed by atoms with E-state index in [1.807, 2.05) is 0 Å². The molecule has 0 heterocycles. The van der Waals surface area contributed by atoms with Crippen LogP contribution in [0, 0.1) is 0 Å². The van der Waals surface area contributed by atoms with Gasteiger partial charge in [-0.15, -0.1) is 0 Å². The molecule has 1 rings (SSSR count). The first kappa shape index (κ1) is 12.0. The summed E-state index contributed by atoms with van der Waals surface area (Å²) < 4.78 is 10.4. The number of methoxy groups -OCH3 is 1. The Kier molecular flexibility index (Phi) is 5.45. The van der Waals surface area contributed by atoms with Gasteiger partial charge in [0.25, 0.3) is 0 Å². The van der Waals surface area contributed by atoms with E-state index in [1.54, 1.807) is 7.11 Å². The molecule has 0 unspecified atom stereocenters. The summed E-state index contributed by atoms with van der Waals surface area (Å²) in [6, 6.07) is 0. The summed E-state index contributed by atoms with van der Waals surface area (Å²) in [5.41, 5.74) is -0.536. The van der Waals surface area contributed by atoms with Crippen molar-refractivity contribution in [2.45, 2.75) is 44.1 Å². The molecule has 0 saturated heterocycles. The van der Waals surface area contributed by atoms with Gasteiger partial charge in [-0.05, 0) is 19.3 Å². The third kappa shape index (κ3) is 4.40. The summed E-state index contributed by atoms with van der Waals surface area (Å²) in [7, 11) is 1.69. The van der Waals surface area contributed by atoms with E-state index in [0.29, 0.717) is 13.2 Å². The fourth-order valence-electron chi connectivity index (χ4n) is 1.92. The zero-order valence-corrected chi connectivity index (χ0v) is 9.13. The van der Waals surface area contributed by atoms with Gasteiger partial charge in [0.05, 0.1) is 12.2 Å². The normalized spacial score (nSPS) is 21.0. The van der Waals surface area contributed by atoms with Gasteiger partial charge in [-0.1, -0.05) is 19.3 Å². The van der Waals surface area contributed by atoms with E-state index in [-0.39, 0.29) is 0 Å². The van der Waals surface area contributed by atoms with Crippen LogP contribution in [0.25, 0.3) is 0 Å². The topological polar surface area (TPSA) is 38.7 Å². The van der Waals surface area contributed by atoms with Gasteiger partial charge in [-0.2, -0.15) is 0 Å². The fourth-order valence-corrected chi connectivity index (χ4v) is 1.92. The number of rotatable bonds is 6. The lowest BCUT2D eigenvalue weighted by Gasteiger charge is -2.31. The highest BCUT2D eigenvalue weighted by atomic mass is 16.5. The predicted molar refractivity (Wildman–Crippen MR) is 55.3 cm³/mol. The molecule has 1 aliphatic carbocycles. The summed E-state index contributed by atoms with van der Waals surface area (Å²) in [6.07, 6.45) is 6.24. The van der Waals surface area contributed by atoms with Crippen molar-refractivity contribution < 1.29 is 14.6 Å². The van der Waals surface area contributed by atoms with E-state index in [9.17, 15) is 5.11 Å². The van der Waals surface area contributed by atoms with Gasteiger partial charge in [-0.25, -0.2) is 0 Å². The van der Waals surface area contributed by atoms with Crippen LogP contribution >= 0.6 is 0 Å². The van der Waals surface area contributed by atoms with Gasteiger partial charge in [0.1, 0.15) is 0 Å². The highest BCUT2D eigenvalue weighted by molar-refractivity contribution is 4.81. The van der Waals surface area contributed by atoms with E-state index in [1.165, 1.54) is 6.42 Å². The average Bonchev–Trinajstić information content (AvgIpc) is 2.18. The molecule has 0 aromatic carbocycles. The zero-order chi connectivity index (χ0) is 10.3. The minimum absolute atomic E-state index is 0.497. The molecule has 0 bridgehead atoms. The lowest BCUT2D eigenvalue weighted by Crippen LogP contribution is -2.36. The molecule has 1 fully saturated rings. The first-order valence-corrected chi connectivity index (χ1v) is 5.56. The van der Waals surface area contributed by atoms with Crippen molar-refractivity contribution in [1.29, 1.82) is 0 Å². The SMILES string of the molecule is COCCCOCC1(O)CCCCC1. The van der Waals surface area contributed by atoms with Crippen LogP contribution in [0.2, 0.25) is 0 Å². The number of ether oxygens (including phenoxy) is 2. The zero-order valence-electron chi connectivity index (χ0n) is 9.13. The quantitative estimate of drug-likeness (QED) is 0.667. The van der Waals surface area contributed by atoms with Gasteiger partial charge in [0.2, 0.25) is 0 Å². The molecule has 0 aromatic rings. The van der Waals surface area contributed by atoms with E-state index >= 15 is 0 Å². The number of hydrogen-bond acceptors (Lipinski definition) is 3. The largest absolute Gasteiger partial charge is 0.387 e. The van der Waals surface area contributed by atoms with Crippen molar-refractivity contribution in [2.75, 3.05) is 26.9 Å². The molecule has 0 spiro atoms. The van der Waals surface area contributed by atoms with Crippen molar-refractivity contribution in [3.63, 3.8) is 0 Å². The van der Waals surface area contributed by atoms with Crippen LogP contribution in [-0.4, -0.2) is 37.6 Å². The fraction of sp³-hybridized carbons (Fsp3) is 1.00. The molecule has 1 saturated carbocycles. The summed E-state index contributed by atoms with van der Waals surface area (Å²) in [4.78, 5) is 0. The van der Waals surface area contributed by atoms with Crippen LogP contribution in [0.1, 0.15) is 38.5 Å². The molecule has 0 radical (unpaired) electrons. The highest BCUT2D eigenvalue weighted by Crippen LogP contribution is 2.28. The molecule has 3 heteroatoms. The van der Waals surface area contributed by atoms with Gasteiger partial charge < -0.3 is 14.6 Å². The Morgan fingerprint density at radius 3 is 2.50 bits per heavy atom. The Morgan fingerprint density at radius 1 is 1.14 bits per heavy atom. The van der Waals surface area contributed by atoms with Crippen molar-refractivity contribution in [3.05, 3.63) is 0 Å². The smallest absolute Gasteiger partial charge is 0.0880 e. The minimum atomic E-state index is -0.536. The Morgan fingerprint density at radius 2 is 1.86 bits per heavy atom. The summed E-state index contributed by atoms with van der Waals surface area (Å²) in [6.45, 7) is 1.92. The average molecular weight is 202 g/mol. The molecule has 0 atom stereocenters. The third-order valence-electron chi connectivity index (χ3n) is 2.79. The van der Waals surface area contributed by atoms with E-state index in [2.05, 4.69) is 0 Å². The van der Waals surface area contributed by atoms with Gasteiger partial charge >= 0.3 is 0 Å². The molecule has 0 aliphatic heterocycles. The van der Waals surface area contributed by atoms with E-state index in [4.69, 9.17) is 9.47 Å². The second kappa shape index (κ2) is 6.38. The van der Waals surface area contributed by atoms with Crippen LogP contribution in [-0.2, 0) is 9.47 Å². The van der Waals surface area contributed by atoms with Gasteiger partial charge in [0.15, 0.2) is 0 Å². The molecule has 0 amide bonds. The molecule has 1 aliphatic rings. The van der Waals surface area contributed by atoms with Gasteiger partial charge in [0, 0.05) is 20.3 Å². The summed E-state index contributed by atoms with van der Waals surface area (Å²) >= 11 is 0. The maximum absolute atomic E-state index is 10.1. The van der Waals surface area contributed by atoms with Crippen LogP contribution in [0.5, 0.6) is 0 Å². The maximum atomic E-state index is 10.1. The molecular formula is C11H22O3. The maximum Gasteiger partial charge on any atom is 0.0880 e. The Hall–Kier alpha value is -0.120. The van der Waals surface area contributed by atoms with Crippen LogP contribution in [0.4, 0.5) is 0 Å². The monoisotopic (exact) mass is 202 g/mol. The molecule has 0 aromatic heterocycles. The van der Waals surface area contributed by atoms with E-state index in [0.717, 1.165) is 38.7 Å². The number of hydrogen-bond donors (Lipinski definition) is 1. The summed E-state index contributed by atoms with van der Waals surface area (Å²) in [5.74, 6) is 0. The predicted octanol–water partition coefficient (Wildman–Crippen LogP) is 1.73. The first-order chi connectivity index (χ1) is 6.77. The lowest BCUT2D eigenvalue weighted by atomic mass is 9.86. The van der Waals surface area contributed by atoms with Gasteiger partial charge in [-0.3, -0.25) is 0 Å². The van der Waals surface area contributed by atoms with Crippen molar-refractivity contribution >= 4 is 0 Å². The van der Waals surface area contributed by atoms with Crippen LogP contribution in [0.3, 0.4) is 0 Å². The van der Waals surface area contributed by atoms with Crippen molar-refractivity contribution in [1.82, 2.24) is 0 Å². The molecular weight excluding hydrogens is 180 g/mol. The van der Waals surface area contributed by atoms with Crippen molar-refractivity contribution in [3.8, 4) is 0 Å². The Balaban J connectivity index is 2.03. The minimum Gasteiger partial charge on any atom is -0.387 e. The first-order valence-electron chi connectivity index (χ1n) is 5.56. The lowest BCUT2D eigenvalue weighted by molar-refractivity contribution is -0.0702. The van der Waals surface area contributed by atoms with Crippen LogP contribution in [0.15, 0.2) is 0 Å². The molecule has 14 heavy (non-hydrogen) atoms. The Labute approximate surface area is 86.4 Å².